The number of rotatable bonds is 3. The molecule has 1 aromatic rings. The first-order valence-corrected chi connectivity index (χ1v) is 4.47. The minimum absolute atomic E-state index is 0.230. The average molecular weight is 211 g/mol. The second kappa shape index (κ2) is 3.82. The molecule has 0 aliphatic heterocycles. The van der Waals surface area contributed by atoms with Gasteiger partial charge in [-0.25, -0.2) is 0 Å². The number of nitrogens with zero attached hydrogens (tertiary/aromatic N) is 2. The summed E-state index contributed by atoms with van der Waals surface area (Å²) < 4.78 is 1.28. The molecule has 0 bridgehead atoms. The van der Waals surface area contributed by atoms with Gasteiger partial charge in [-0.15, -0.1) is 0 Å². The van der Waals surface area contributed by atoms with Crippen LogP contribution in [0.1, 0.15) is 13.8 Å². The molecule has 1 rings (SSSR count). The van der Waals surface area contributed by atoms with Gasteiger partial charge in [0.05, 0.1) is 10.5 Å². The Labute approximate surface area is 86.5 Å². The second-order valence-corrected chi connectivity index (χ2v) is 3.84. The molecule has 0 aliphatic carbocycles. The van der Waals surface area contributed by atoms with Crippen LogP contribution >= 0.6 is 0 Å². The maximum absolute atomic E-state index is 11.7. The summed E-state index contributed by atoms with van der Waals surface area (Å²) in [7, 11) is 0. The third-order valence-corrected chi connectivity index (χ3v) is 2.28. The van der Waals surface area contributed by atoms with Crippen molar-refractivity contribution in [1.29, 1.82) is 0 Å². The lowest BCUT2D eigenvalue weighted by atomic mass is 10.1. The monoisotopic (exact) mass is 211 g/mol. The highest BCUT2D eigenvalue weighted by molar-refractivity contribution is 5.25. The summed E-state index contributed by atoms with van der Waals surface area (Å²) in [6.07, 6.45) is 1.50. The fraction of sp³-hybridized carbons (Fsp3) is 0.444. The van der Waals surface area contributed by atoms with Crippen molar-refractivity contribution in [1.82, 2.24) is 4.57 Å². The van der Waals surface area contributed by atoms with Gasteiger partial charge in [0.2, 0.25) is 0 Å². The third-order valence-electron chi connectivity index (χ3n) is 2.28. The first kappa shape index (κ1) is 11.4. The van der Waals surface area contributed by atoms with Crippen molar-refractivity contribution in [3.8, 4) is 0 Å². The predicted molar refractivity (Wildman–Crippen MR) is 55.7 cm³/mol. The summed E-state index contributed by atoms with van der Waals surface area (Å²) in [6, 6.07) is 2.66. The largest absolute Gasteiger partial charge is 0.334 e. The van der Waals surface area contributed by atoms with E-state index in [1.165, 1.54) is 22.9 Å². The van der Waals surface area contributed by atoms with Crippen molar-refractivity contribution in [3.63, 3.8) is 0 Å². The molecule has 0 fully saturated rings. The van der Waals surface area contributed by atoms with Crippen molar-refractivity contribution in [2.24, 2.45) is 5.73 Å². The molecule has 6 heteroatoms. The van der Waals surface area contributed by atoms with Gasteiger partial charge >= 0.3 is 11.2 Å². The van der Waals surface area contributed by atoms with Gasteiger partial charge in [-0.2, -0.15) is 0 Å². The normalized spacial score (nSPS) is 11.4. The van der Waals surface area contributed by atoms with Crippen molar-refractivity contribution in [2.45, 2.75) is 19.4 Å². The van der Waals surface area contributed by atoms with Gasteiger partial charge in [0.25, 0.3) is 0 Å². The van der Waals surface area contributed by atoms with Gasteiger partial charge in [-0.3, -0.25) is 14.9 Å². The van der Waals surface area contributed by atoms with E-state index < -0.39 is 21.7 Å². The summed E-state index contributed by atoms with van der Waals surface area (Å²) in [5, 5.41) is 10.6. The van der Waals surface area contributed by atoms with E-state index >= 15 is 0 Å². The molecular weight excluding hydrogens is 198 g/mol. The highest BCUT2D eigenvalue weighted by atomic mass is 16.6. The Kier molecular flexibility index (Phi) is 2.90. The van der Waals surface area contributed by atoms with Crippen LogP contribution in [0.2, 0.25) is 0 Å². The van der Waals surface area contributed by atoms with E-state index in [1.54, 1.807) is 13.8 Å². The highest BCUT2D eigenvalue weighted by Gasteiger charge is 2.23. The predicted octanol–water partition coefficient (Wildman–Crippen LogP) is 0.450. The van der Waals surface area contributed by atoms with Crippen molar-refractivity contribution in [3.05, 3.63) is 38.8 Å². The Morgan fingerprint density at radius 3 is 2.67 bits per heavy atom. The molecule has 0 atom stereocenters. The summed E-state index contributed by atoms with van der Waals surface area (Å²) in [6.45, 7) is 3.73. The standard InChI is InChI=1S/C9H13N3O3/c1-9(2,6-10)11-5-3-4-7(8(11)13)12(14)15/h3-5H,6,10H2,1-2H3. The summed E-state index contributed by atoms with van der Waals surface area (Å²) in [5.74, 6) is 0. The lowest BCUT2D eigenvalue weighted by Gasteiger charge is -2.25. The van der Waals surface area contributed by atoms with E-state index in [0.29, 0.717) is 0 Å². The number of nitrogens with two attached hydrogens (primary N) is 1. The van der Waals surface area contributed by atoms with Gasteiger partial charge in [0.15, 0.2) is 0 Å². The molecule has 0 amide bonds. The molecule has 0 aliphatic rings. The maximum Gasteiger partial charge on any atom is 0.334 e. The highest BCUT2D eigenvalue weighted by Crippen LogP contribution is 2.12. The van der Waals surface area contributed by atoms with Crippen LogP contribution < -0.4 is 11.3 Å². The zero-order valence-electron chi connectivity index (χ0n) is 8.64. The molecule has 0 radical (unpaired) electrons. The molecule has 0 spiro atoms. The van der Waals surface area contributed by atoms with Gasteiger partial charge in [-0.05, 0) is 19.9 Å². The number of nitro groups is 1. The molecule has 1 aromatic heterocycles. The molecule has 1 heterocycles. The Bertz CT molecular complexity index is 436. The Morgan fingerprint density at radius 2 is 2.20 bits per heavy atom. The Balaban J connectivity index is 3.41. The first-order chi connectivity index (χ1) is 6.90. The fourth-order valence-electron chi connectivity index (χ4n) is 1.20. The quantitative estimate of drug-likeness (QED) is 0.580. The van der Waals surface area contributed by atoms with E-state index in [0.717, 1.165) is 0 Å². The summed E-state index contributed by atoms with van der Waals surface area (Å²) in [4.78, 5) is 21.5. The van der Waals surface area contributed by atoms with Crippen LogP contribution in [0, 0.1) is 10.1 Å². The minimum Gasteiger partial charge on any atom is -0.328 e. The first-order valence-electron chi connectivity index (χ1n) is 4.47. The molecule has 15 heavy (non-hydrogen) atoms. The molecule has 82 valence electrons. The second-order valence-electron chi connectivity index (χ2n) is 3.84. The minimum atomic E-state index is -0.689. The van der Waals surface area contributed by atoms with Crippen LogP contribution in [0.25, 0.3) is 0 Å². The van der Waals surface area contributed by atoms with Gasteiger partial charge < -0.3 is 10.3 Å². The SMILES string of the molecule is CC(C)(CN)n1cccc([N+](=O)[O-])c1=O. The molecule has 0 saturated carbocycles. The number of hydrogen-bond donors (Lipinski definition) is 1. The molecule has 0 saturated heterocycles. The maximum atomic E-state index is 11.7. The van der Waals surface area contributed by atoms with Crippen molar-refractivity contribution < 1.29 is 4.92 Å². The van der Waals surface area contributed by atoms with Crippen LogP contribution in [-0.4, -0.2) is 16.0 Å². The van der Waals surface area contributed by atoms with Gasteiger partial charge in [0, 0.05) is 18.8 Å². The molecule has 0 unspecified atom stereocenters. The Hall–Kier alpha value is -1.69. The van der Waals surface area contributed by atoms with E-state index in [1.807, 2.05) is 0 Å². The molecule has 0 aromatic carbocycles. The molecule has 6 nitrogen and oxygen atoms in total. The zero-order valence-corrected chi connectivity index (χ0v) is 8.64. The molecular formula is C9H13N3O3. The van der Waals surface area contributed by atoms with Crippen LogP contribution in [-0.2, 0) is 5.54 Å². The number of hydrogen-bond acceptors (Lipinski definition) is 4. The fourth-order valence-corrected chi connectivity index (χ4v) is 1.20. The Morgan fingerprint density at radius 1 is 1.60 bits per heavy atom. The third kappa shape index (κ3) is 2.04. The summed E-state index contributed by atoms with van der Waals surface area (Å²) in [5.41, 5.74) is 3.82. The average Bonchev–Trinajstić information content (AvgIpc) is 2.17. The van der Waals surface area contributed by atoms with Crippen LogP contribution in [0.15, 0.2) is 23.1 Å². The van der Waals surface area contributed by atoms with E-state index in [4.69, 9.17) is 5.73 Å². The smallest absolute Gasteiger partial charge is 0.328 e. The number of aromatic nitrogens is 1. The van der Waals surface area contributed by atoms with E-state index in [9.17, 15) is 14.9 Å². The number of pyridine rings is 1. The van der Waals surface area contributed by atoms with Gasteiger partial charge in [0.1, 0.15) is 0 Å². The lowest BCUT2D eigenvalue weighted by Crippen LogP contribution is -2.42. The zero-order chi connectivity index (χ0) is 11.6. The van der Waals surface area contributed by atoms with Crippen LogP contribution in [0.5, 0.6) is 0 Å². The van der Waals surface area contributed by atoms with Gasteiger partial charge in [-0.1, -0.05) is 0 Å². The van der Waals surface area contributed by atoms with Crippen LogP contribution in [0.4, 0.5) is 5.69 Å². The molecule has 2 N–H and O–H groups in total. The van der Waals surface area contributed by atoms with E-state index in [2.05, 4.69) is 0 Å². The van der Waals surface area contributed by atoms with E-state index in [-0.39, 0.29) is 6.54 Å². The lowest BCUT2D eigenvalue weighted by molar-refractivity contribution is -0.386. The van der Waals surface area contributed by atoms with Crippen LogP contribution in [0.3, 0.4) is 0 Å². The summed E-state index contributed by atoms with van der Waals surface area (Å²) >= 11 is 0. The topological polar surface area (TPSA) is 91.2 Å². The van der Waals surface area contributed by atoms with Crippen molar-refractivity contribution >= 4 is 5.69 Å². The van der Waals surface area contributed by atoms with Crippen molar-refractivity contribution in [2.75, 3.05) is 6.54 Å².